The number of ether oxygens (including phenoxy) is 1. The van der Waals surface area contributed by atoms with E-state index in [-0.39, 0.29) is 5.84 Å². The molecule has 1 aromatic carbocycles. The number of benzene rings is 1. The maximum atomic E-state index is 7.26. The summed E-state index contributed by atoms with van der Waals surface area (Å²) < 4.78 is 5.58. The molecule has 0 unspecified atom stereocenters. The van der Waals surface area contributed by atoms with E-state index in [2.05, 4.69) is 0 Å². The molecule has 0 aliphatic rings. The number of thiophene rings is 1. The molecule has 0 amide bonds. The molecular formula is C12H12N2OS. The molecule has 2 aromatic rings. The SMILES string of the molecule is N=C(N)c1ccc(OCc2cccs2)cc1. The second-order valence-electron chi connectivity index (χ2n) is 3.31. The van der Waals surface area contributed by atoms with Gasteiger partial charge in [-0.05, 0) is 35.7 Å². The Morgan fingerprint density at radius 2 is 2.00 bits per heavy atom. The van der Waals surface area contributed by atoms with Gasteiger partial charge in [-0.25, -0.2) is 0 Å². The van der Waals surface area contributed by atoms with E-state index in [9.17, 15) is 0 Å². The summed E-state index contributed by atoms with van der Waals surface area (Å²) in [5.41, 5.74) is 6.07. The van der Waals surface area contributed by atoms with Gasteiger partial charge < -0.3 is 10.5 Å². The van der Waals surface area contributed by atoms with Gasteiger partial charge in [0.25, 0.3) is 0 Å². The number of amidine groups is 1. The molecule has 4 heteroatoms. The molecule has 0 saturated heterocycles. The summed E-state index contributed by atoms with van der Waals surface area (Å²) >= 11 is 1.67. The van der Waals surface area contributed by atoms with Gasteiger partial charge >= 0.3 is 0 Å². The fourth-order valence-corrected chi connectivity index (χ4v) is 1.90. The van der Waals surface area contributed by atoms with Crippen LogP contribution in [0.15, 0.2) is 41.8 Å². The van der Waals surface area contributed by atoms with Gasteiger partial charge in [-0.1, -0.05) is 6.07 Å². The Morgan fingerprint density at radius 3 is 2.56 bits per heavy atom. The number of nitrogens with two attached hydrogens (primary N) is 1. The monoisotopic (exact) mass is 232 g/mol. The van der Waals surface area contributed by atoms with E-state index in [1.807, 2.05) is 29.6 Å². The van der Waals surface area contributed by atoms with Gasteiger partial charge in [0.05, 0.1) is 0 Å². The third-order valence-electron chi connectivity index (χ3n) is 2.13. The Kier molecular flexibility index (Phi) is 3.22. The van der Waals surface area contributed by atoms with Gasteiger partial charge in [-0.2, -0.15) is 0 Å². The molecule has 1 heterocycles. The van der Waals surface area contributed by atoms with Crippen LogP contribution >= 0.6 is 11.3 Å². The van der Waals surface area contributed by atoms with Gasteiger partial charge in [0.15, 0.2) is 0 Å². The lowest BCUT2D eigenvalue weighted by Crippen LogP contribution is -2.10. The minimum Gasteiger partial charge on any atom is -0.488 e. The molecule has 0 bridgehead atoms. The van der Waals surface area contributed by atoms with Gasteiger partial charge in [-0.15, -0.1) is 11.3 Å². The van der Waals surface area contributed by atoms with Crippen molar-refractivity contribution in [1.29, 1.82) is 5.41 Å². The standard InChI is InChI=1S/C12H12N2OS/c13-12(14)9-3-5-10(6-4-9)15-8-11-2-1-7-16-11/h1-7H,8H2,(H3,13,14). The first-order chi connectivity index (χ1) is 7.75. The Balaban J connectivity index is 1.98. The number of nitrogens with one attached hydrogen (secondary N) is 1. The molecule has 3 nitrogen and oxygen atoms in total. The van der Waals surface area contributed by atoms with E-state index in [0.29, 0.717) is 12.2 Å². The highest BCUT2D eigenvalue weighted by Crippen LogP contribution is 2.16. The average Bonchev–Trinajstić information content (AvgIpc) is 2.80. The van der Waals surface area contributed by atoms with Crippen LogP contribution in [-0.4, -0.2) is 5.84 Å². The number of nitrogen functional groups attached to an aromatic ring is 1. The Bertz CT molecular complexity index is 462. The highest BCUT2D eigenvalue weighted by Gasteiger charge is 1.98. The lowest BCUT2D eigenvalue weighted by atomic mass is 10.2. The molecule has 0 atom stereocenters. The maximum Gasteiger partial charge on any atom is 0.122 e. The van der Waals surface area contributed by atoms with Crippen LogP contribution < -0.4 is 10.5 Å². The largest absolute Gasteiger partial charge is 0.488 e. The second-order valence-corrected chi connectivity index (χ2v) is 4.34. The molecule has 0 radical (unpaired) electrons. The van der Waals surface area contributed by atoms with E-state index >= 15 is 0 Å². The van der Waals surface area contributed by atoms with E-state index in [1.54, 1.807) is 23.5 Å². The van der Waals surface area contributed by atoms with Crippen molar-refractivity contribution in [2.75, 3.05) is 0 Å². The topological polar surface area (TPSA) is 59.1 Å². The van der Waals surface area contributed by atoms with E-state index < -0.39 is 0 Å². The Morgan fingerprint density at radius 1 is 1.25 bits per heavy atom. The number of hydrogen-bond donors (Lipinski definition) is 2. The van der Waals surface area contributed by atoms with Crippen LogP contribution in [0.25, 0.3) is 0 Å². The summed E-state index contributed by atoms with van der Waals surface area (Å²) in [6.45, 7) is 0.580. The highest BCUT2D eigenvalue weighted by molar-refractivity contribution is 7.09. The zero-order valence-corrected chi connectivity index (χ0v) is 9.46. The zero-order chi connectivity index (χ0) is 11.4. The van der Waals surface area contributed by atoms with Crippen molar-refractivity contribution in [1.82, 2.24) is 0 Å². The molecule has 82 valence electrons. The summed E-state index contributed by atoms with van der Waals surface area (Å²) in [5, 5.41) is 9.29. The van der Waals surface area contributed by atoms with Crippen LogP contribution in [0.1, 0.15) is 10.4 Å². The number of rotatable bonds is 4. The minimum atomic E-state index is 0.0739. The van der Waals surface area contributed by atoms with Crippen molar-refractivity contribution >= 4 is 17.2 Å². The van der Waals surface area contributed by atoms with Crippen LogP contribution in [0.3, 0.4) is 0 Å². The Labute approximate surface area is 98.0 Å². The molecule has 0 fully saturated rings. The third-order valence-corrected chi connectivity index (χ3v) is 2.98. The van der Waals surface area contributed by atoms with Gasteiger partial charge in [0.2, 0.25) is 0 Å². The Hall–Kier alpha value is -1.81. The van der Waals surface area contributed by atoms with Crippen molar-refractivity contribution < 1.29 is 4.74 Å². The second kappa shape index (κ2) is 4.81. The average molecular weight is 232 g/mol. The van der Waals surface area contributed by atoms with Crippen LogP contribution in [0.4, 0.5) is 0 Å². The summed E-state index contributed by atoms with van der Waals surface area (Å²) in [5.74, 6) is 0.864. The first-order valence-electron chi connectivity index (χ1n) is 4.85. The van der Waals surface area contributed by atoms with E-state index in [0.717, 1.165) is 5.75 Å². The zero-order valence-electron chi connectivity index (χ0n) is 8.64. The van der Waals surface area contributed by atoms with E-state index in [1.165, 1.54) is 4.88 Å². The first-order valence-corrected chi connectivity index (χ1v) is 5.73. The lowest BCUT2D eigenvalue weighted by molar-refractivity contribution is 0.310. The lowest BCUT2D eigenvalue weighted by Gasteiger charge is -2.05. The predicted molar refractivity (Wildman–Crippen MR) is 66.1 cm³/mol. The molecule has 16 heavy (non-hydrogen) atoms. The fraction of sp³-hybridized carbons (Fsp3) is 0.0833. The summed E-state index contributed by atoms with van der Waals surface area (Å²) in [7, 11) is 0. The van der Waals surface area contributed by atoms with E-state index in [4.69, 9.17) is 15.9 Å². The van der Waals surface area contributed by atoms with Crippen LogP contribution in [-0.2, 0) is 6.61 Å². The van der Waals surface area contributed by atoms with Crippen LogP contribution in [0, 0.1) is 5.41 Å². The first kappa shape index (κ1) is 10.7. The van der Waals surface area contributed by atoms with Gasteiger partial charge in [0, 0.05) is 10.4 Å². The molecule has 0 spiro atoms. The van der Waals surface area contributed by atoms with Crippen LogP contribution in [0.2, 0.25) is 0 Å². The molecule has 1 aromatic heterocycles. The smallest absolute Gasteiger partial charge is 0.122 e. The predicted octanol–water partition coefficient (Wildman–Crippen LogP) is 2.61. The molecular weight excluding hydrogens is 220 g/mol. The summed E-state index contributed by atoms with van der Waals surface area (Å²) in [6, 6.07) is 11.3. The summed E-state index contributed by atoms with van der Waals surface area (Å²) in [6.07, 6.45) is 0. The summed E-state index contributed by atoms with van der Waals surface area (Å²) in [4.78, 5) is 1.19. The van der Waals surface area contributed by atoms with Crippen molar-refractivity contribution in [3.05, 3.63) is 52.2 Å². The minimum absolute atomic E-state index is 0.0739. The van der Waals surface area contributed by atoms with Crippen molar-refractivity contribution in [2.24, 2.45) is 5.73 Å². The quantitative estimate of drug-likeness (QED) is 0.629. The molecule has 3 N–H and O–H groups in total. The fourth-order valence-electron chi connectivity index (χ4n) is 1.28. The van der Waals surface area contributed by atoms with Crippen molar-refractivity contribution in [2.45, 2.75) is 6.61 Å². The van der Waals surface area contributed by atoms with Crippen molar-refractivity contribution in [3.8, 4) is 5.75 Å². The molecule has 0 aliphatic carbocycles. The maximum absolute atomic E-state index is 7.26. The van der Waals surface area contributed by atoms with Gasteiger partial charge in [0.1, 0.15) is 18.2 Å². The molecule has 0 aliphatic heterocycles. The third kappa shape index (κ3) is 2.61. The van der Waals surface area contributed by atoms with Crippen LogP contribution in [0.5, 0.6) is 5.75 Å². The molecule has 2 rings (SSSR count). The normalized spacial score (nSPS) is 10.0. The van der Waals surface area contributed by atoms with Crippen molar-refractivity contribution in [3.63, 3.8) is 0 Å². The molecule has 0 saturated carbocycles. The number of hydrogen-bond acceptors (Lipinski definition) is 3. The van der Waals surface area contributed by atoms with Gasteiger partial charge in [-0.3, -0.25) is 5.41 Å². The highest BCUT2D eigenvalue weighted by atomic mass is 32.1.